The van der Waals surface area contributed by atoms with Gasteiger partial charge in [-0.25, -0.2) is 0 Å². The second-order valence-corrected chi connectivity index (χ2v) is 3.72. The molecule has 1 heterocycles. The zero-order valence-electron chi connectivity index (χ0n) is 9.88. The van der Waals surface area contributed by atoms with Gasteiger partial charge in [0.15, 0.2) is 0 Å². The number of nitrogens with zero attached hydrogens (tertiary/aromatic N) is 2. The number of aromatic nitrogens is 2. The number of aryl methyl sites for hydroxylation is 1. The monoisotopic (exact) mass is 233 g/mol. The molecule has 2 aromatic rings. The van der Waals surface area contributed by atoms with E-state index in [1.807, 2.05) is 24.3 Å². The number of hydrogen-bond acceptors (Lipinski definition) is 5. The average molecular weight is 233 g/mol. The van der Waals surface area contributed by atoms with Gasteiger partial charge in [0.1, 0.15) is 5.75 Å². The first-order valence-corrected chi connectivity index (χ1v) is 5.38. The molecular formula is C12H15N3O2. The summed E-state index contributed by atoms with van der Waals surface area (Å²) in [6, 6.07) is 7.69. The fraction of sp³-hybridized carbons (Fsp3) is 0.333. The van der Waals surface area contributed by atoms with E-state index in [0.717, 1.165) is 11.3 Å². The summed E-state index contributed by atoms with van der Waals surface area (Å²) in [6.07, 6.45) is 0. The van der Waals surface area contributed by atoms with Crippen LogP contribution in [0, 0.1) is 6.92 Å². The molecule has 1 unspecified atom stereocenters. The lowest BCUT2D eigenvalue weighted by atomic mass is 9.99. The lowest BCUT2D eigenvalue weighted by Gasteiger charge is -2.11. The molecule has 0 bridgehead atoms. The molecule has 0 fully saturated rings. The molecule has 1 atom stereocenters. The molecule has 1 aromatic carbocycles. The van der Waals surface area contributed by atoms with Gasteiger partial charge in [0, 0.05) is 13.5 Å². The Morgan fingerprint density at radius 1 is 1.29 bits per heavy atom. The highest BCUT2D eigenvalue weighted by Gasteiger charge is 2.18. The van der Waals surface area contributed by atoms with E-state index in [0.29, 0.717) is 18.3 Å². The first kappa shape index (κ1) is 11.6. The molecule has 17 heavy (non-hydrogen) atoms. The van der Waals surface area contributed by atoms with Gasteiger partial charge in [-0.15, -0.1) is 10.2 Å². The summed E-state index contributed by atoms with van der Waals surface area (Å²) in [5.41, 5.74) is 6.80. The molecule has 0 saturated heterocycles. The Bertz CT molecular complexity index is 479. The Hall–Kier alpha value is -1.88. The molecule has 90 valence electrons. The molecule has 0 aliphatic heterocycles. The number of nitrogens with two attached hydrogens (primary N) is 1. The van der Waals surface area contributed by atoms with Crippen molar-refractivity contribution in [3.05, 3.63) is 41.6 Å². The Morgan fingerprint density at radius 2 is 2.00 bits per heavy atom. The summed E-state index contributed by atoms with van der Waals surface area (Å²) in [5, 5.41) is 7.83. The molecule has 0 radical (unpaired) electrons. The molecule has 0 saturated carbocycles. The predicted molar refractivity (Wildman–Crippen MR) is 62.9 cm³/mol. The minimum Gasteiger partial charge on any atom is -0.497 e. The van der Waals surface area contributed by atoms with Gasteiger partial charge in [-0.3, -0.25) is 0 Å². The molecule has 0 spiro atoms. The first-order chi connectivity index (χ1) is 8.24. The molecule has 0 amide bonds. The van der Waals surface area contributed by atoms with E-state index in [1.165, 1.54) is 0 Å². The van der Waals surface area contributed by atoms with Crippen LogP contribution in [0.25, 0.3) is 0 Å². The normalized spacial score (nSPS) is 12.4. The van der Waals surface area contributed by atoms with Crippen molar-refractivity contribution in [3.63, 3.8) is 0 Å². The zero-order chi connectivity index (χ0) is 12.3. The molecule has 5 nitrogen and oxygen atoms in total. The third-order valence-corrected chi connectivity index (χ3v) is 2.59. The molecular weight excluding hydrogens is 218 g/mol. The highest BCUT2D eigenvalue weighted by atomic mass is 16.5. The van der Waals surface area contributed by atoms with Crippen LogP contribution in [0.15, 0.2) is 28.7 Å². The predicted octanol–water partition coefficient (Wildman–Crippen LogP) is 1.48. The molecule has 1 aromatic heterocycles. The number of ether oxygens (including phenoxy) is 1. The quantitative estimate of drug-likeness (QED) is 0.865. The van der Waals surface area contributed by atoms with E-state index in [2.05, 4.69) is 10.2 Å². The average Bonchev–Trinajstić information content (AvgIpc) is 2.78. The maximum absolute atomic E-state index is 5.76. The minimum absolute atomic E-state index is 0.0675. The lowest BCUT2D eigenvalue weighted by molar-refractivity contribution is 0.414. The Morgan fingerprint density at radius 3 is 2.47 bits per heavy atom. The maximum Gasteiger partial charge on any atom is 0.225 e. The van der Waals surface area contributed by atoms with Crippen LogP contribution in [0.4, 0.5) is 0 Å². The van der Waals surface area contributed by atoms with Gasteiger partial charge in [0.25, 0.3) is 0 Å². The largest absolute Gasteiger partial charge is 0.497 e. The van der Waals surface area contributed by atoms with E-state index in [9.17, 15) is 0 Å². The summed E-state index contributed by atoms with van der Waals surface area (Å²) in [5.74, 6) is 1.84. The Labute approximate surface area is 99.6 Å². The summed E-state index contributed by atoms with van der Waals surface area (Å²) < 4.78 is 10.5. The van der Waals surface area contributed by atoms with E-state index >= 15 is 0 Å². The molecule has 0 aliphatic carbocycles. The Kier molecular flexibility index (Phi) is 3.39. The van der Waals surface area contributed by atoms with Crippen LogP contribution >= 0.6 is 0 Å². The van der Waals surface area contributed by atoms with Gasteiger partial charge in [0.2, 0.25) is 11.8 Å². The van der Waals surface area contributed by atoms with Crippen LogP contribution < -0.4 is 10.5 Å². The van der Waals surface area contributed by atoms with Gasteiger partial charge in [-0.1, -0.05) is 12.1 Å². The van der Waals surface area contributed by atoms with Crippen molar-refractivity contribution in [1.82, 2.24) is 10.2 Å². The zero-order valence-corrected chi connectivity index (χ0v) is 9.88. The first-order valence-electron chi connectivity index (χ1n) is 5.38. The van der Waals surface area contributed by atoms with E-state index in [4.69, 9.17) is 14.9 Å². The lowest BCUT2D eigenvalue weighted by Crippen LogP contribution is -2.14. The molecule has 5 heteroatoms. The summed E-state index contributed by atoms with van der Waals surface area (Å²) in [6.45, 7) is 2.19. The maximum atomic E-state index is 5.76. The van der Waals surface area contributed by atoms with E-state index in [-0.39, 0.29) is 5.92 Å². The van der Waals surface area contributed by atoms with Crippen LogP contribution in [0.1, 0.15) is 23.3 Å². The van der Waals surface area contributed by atoms with Crippen LogP contribution in [0.2, 0.25) is 0 Å². The van der Waals surface area contributed by atoms with Crippen molar-refractivity contribution in [2.75, 3.05) is 13.7 Å². The number of rotatable bonds is 4. The van der Waals surface area contributed by atoms with Crippen LogP contribution in [0.5, 0.6) is 5.75 Å². The number of methoxy groups -OCH3 is 1. The van der Waals surface area contributed by atoms with E-state index < -0.39 is 0 Å². The fourth-order valence-electron chi connectivity index (χ4n) is 1.67. The van der Waals surface area contributed by atoms with Crippen molar-refractivity contribution in [1.29, 1.82) is 0 Å². The minimum atomic E-state index is -0.0675. The van der Waals surface area contributed by atoms with Gasteiger partial charge in [-0.05, 0) is 17.7 Å². The van der Waals surface area contributed by atoms with Gasteiger partial charge >= 0.3 is 0 Å². The van der Waals surface area contributed by atoms with Crippen molar-refractivity contribution in [2.24, 2.45) is 5.73 Å². The van der Waals surface area contributed by atoms with Crippen molar-refractivity contribution in [3.8, 4) is 5.75 Å². The van der Waals surface area contributed by atoms with Gasteiger partial charge in [0.05, 0.1) is 13.0 Å². The molecule has 2 N–H and O–H groups in total. The van der Waals surface area contributed by atoms with Crippen LogP contribution in [-0.4, -0.2) is 23.9 Å². The van der Waals surface area contributed by atoms with Crippen LogP contribution in [0.3, 0.4) is 0 Å². The van der Waals surface area contributed by atoms with Crippen LogP contribution in [-0.2, 0) is 0 Å². The third kappa shape index (κ3) is 2.45. The SMILES string of the molecule is COc1ccc(C(CN)c2nnc(C)o2)cc1. The summed E-state index contributed by atoms with van der Waals surface area (Å²) >= 11 is 0. The van der Waals surface area contributed by atoms with E-state index in [1.54, 1.807) is 14.0 Å². The summed E-state index contributed by atoms with van der Waals surface area (Å²) in [4.78, 5) is 0. The van der Waals surface area contributed by atoms with Gasteiger partial charge in [-0.2, -0.15) is 0 Å². The van der Waals surface area contributed by atoms with Gasteiger partial charge < -0.3 is 14.9 Å². The number of hydrogen-bond donors (Lipinski definition) is 1. The van der Waals surface area contributed by atoms with Crippen molar-refractivity contribution >= 4 is 0 Å². The third-order valence-electron chi connectivity index (χ3n) is 2.59. The highest BCUT2D eigenvalue weighted by Crippen LogP contribution is 2.24. The Balaban J connectivity index is 2.28. The van der Waals surface area contributed by atoms with Crippen molar-refractivity contribution < 1.29 is 9.15 Å². The highest BCUT2D eigenvalue weighted by molar-refractivity contribution is 5.32. The molecule has 2 rings (SSSR count). The fourth-order valence-corrected chi connectivity index (χ4v) is 1.67. The topological polar surface area (TPSA) is 74.2 Å². The van der Waals surface area contributed by atoms with Crippen molar-refractivity contribution in [2.45, 2.75) is 12.8 Å². The smallest absolute Gasteiger partial charge is 0.225 e. The summed E-state index contributed by atoms with van der Waals surface area (Å²) in [7, 11) is 1.64. The number of benzene rings is 1. The second-order valence-electron chi connectivity index (χ2n) is 3.72. The molecule has 0 aliphatic rings. The standard InChI is InChI=1S/C12H15N3O2/c1-8-14-15-12(17-8)11(7-13)9-3-5-10(16-2)6-4-9/h3-6,11H,7,13H2,1-2H3. The second kappa shape index (κ2) is 4.97.